The summed E-state index contributed by atoms with van der Waals surface area (Å²) >= 11 is 0. The number of carbonyl (C=O) groups is 1. The third kappa shape index (κ3) is 28.5. The van der Waals surface area contributed by atoms with E-state index in [0.717, 1.165) is 6.61 Å². The first kappa shape index (κ1) is 9.77. The molecular weight excluding hydrogens is 94.0 g/mol. The summed E-state index contributed by atoms with van der Waals surface area (Å²) < 4.78 is 0. The summed E-state index contributed by atoms with van der Waals surface area (Å²) in [5, 5.41) is 0. The van der Waals surface area contributed by atoms with Crippen molar-refractivity contribution in [2.45, 2.75) is 6.92 Å². The zero-order valence-electron chi connectivity index (χ0n) is 4.73. The van der Waals surface area contributed by atoms with Gasteiger partial charge in [-0.1, -0.05) is 0 Å². The highest BCUT2D eigenvalue weighted by molar-refractivity contribution is 5.10. The zero-order chi connectivity index (χ0) is 6.12. The highest BCUT2D eigenvalue weighted by Gasteiger charge is 1.61. The van der Waals surface area contributed by atoms with E-state index in [-0.39, 0.29) is 0 Å². The average Bonchev–Trinajstić information content (AvgIpc) is 1.75. The molecule has 0 heterocycles. The summed E-state index contributed by atoms with van der Waals surface area (Å²) in [6, 6.07) is 0. The Hall–Kier alpha value is -0.410. The molecule has 0 saturated carbocycles. The first-order chi connectivity index (χ1) is 3.41. The van der Waals surface area contributed by atoms with Crippen molar-refractivity contribution in [1.29, 1.82) is 0 Å². The molecule has 0 saturated heterocycles. The molecule has 1 N–H and O–H groups in total. The smallest absolute Gasteiger partial charge is 0.106 e. The molecule has 0 bridgehead atoms. The third-order valence-corrected chi connectivity index (χ3v) is 0.289. The van der Waals surface area contributed by atoms with E-state index < -0.39 is 0 Å². The summed E-state index contributed by atoms with van der Waals surface area (Å²) in [6.45, 7) is 4.66. The van der Waals surface area contributed by atoms with Crippen LogP contribution >= 0.6 is 0 Å². The van der Waals surface area contributed by atoms with Gasteiger partial charge < -0.3 is 9.63 Å². The highest BCUT2D eigenvalue weighted by atomic mass is 16.6. The lowest BCUT2D eigenvalue weighted by molar-refractivity contribution is -0.0979. The lowest BCUT2D eigenvalue weighted by Crippen LogP contribution is -2.05. The Labute approximate surface area is 43.6 Å². The van der Waals surface area contributed by atoms with E-state index in [2.05, 4.69) is 10.3 Å². The molecule has 0 amide bonds. The van der Waals surface area contributed by atoms with Crippen LogP contribution in [0.1, 0.15) is 6.92 Å². The summed E-state index contributed by atoms with van der Waals surface area (Å²) in [6.07, 6.45) is 0. The summed E-state index contributed by atoms with van der Waals surface area (Å²) in [7, 11) is 1.74. The first-order valence-corrected chi connectivity index (χ1v) is 1.99. The van der Waals surface area contributed by atoms with Gasteiger partial charge in [0, 0.05) is 7.05 Å². The Kier molecular flexibility index (Phi) is 24.5. The second kappa shape index (κ2) is 17.6. The van der Waals surface area contributed by atoms with E-state index in [1.165, 1.54) is 0 Å². The maximum absolute atomic E-state index is 8.00. The van der Waals surface area contributed by atoms with Crippen LogP contribution < -0.4 is 5.48 Å². The number of hydroxylamine groups is 1. The third-order valence-electron chi connectivity index (χ3n) is 0.289. The van der Waals surface area contributed by atoms with Gasteiger partial charge in [-0.25, -0.2) is 5.48 Å². The van der Waals surface area contributed by atoms with E-state index in [0.29, 0.717) is 0 Å². The predicted molar refractivity (Wildman–Crippen MR) is 27.8 cm³/mol. The Morgan fingerprint density at radius 2 is 2.14 bits per heavy atom. The Bertz CT molecular complexity index is 23.7. The summed E-state index contributed by atoms with van der Waals surface area (Å²) in [5.74, 6) is 0. The number of nitrogens with one attached hydrogen (secondary N) is 1. The molecule has 0 aliphatic rings. The predicted octanol–water partition coefficient (Wildman–Crippen LogP) is -0.0276. The van der Waals surface area contributed by atoms with Crippen molar-refractivity contribution in [2.24, 2.45) is 0 Å². The van der Waals surface area contributed by atoms with E-state index in [1.807, 2.05) is 13.7 Å². The van der Waals surface area contributed by atoms with Gasteiger partial charge in [0.25, 0.3) is 0 Å². The van der Waals surface area contributed by atoms with Crippen molar-refractivity contribution >= 4 is 6.79 Å². The van der Waals surface area contributed by atoms with Gasteiger partial charge in [-0.05, 0) is 6.92 Å². The fourth-order valence-corrected chi connectivity index (χ4v) is 0.144. The van der Waals surface area contributed by atoms with Gasteiger partial charge >= 0.3 is 0 Å². The largest absolute Gasteiger partial charge is 0.307 e. The standard InChI is InChI=1S/C3H9NO.CH2O/c1-3-5-4-2;1-2/h4H,3H2,1-2H3;1H2. The van der Waals surface area contributed by atoms with Gasteiger partial charge in [-0.15, -0.1) is 0 Å². The zero-order valence-corrected chi connectivity index (χ0v) is 4.73. The molecule has 3 heteroatoms. The van der Waals surface area contributed by atoms with Crippen molar-refractivity contribution < 1.29 is 9.63 Å². The molecule has 0 aliphatic heterocycles. The van der Waals surface area contributed by atoms with Gasteiger partial charge in [0.1, 0.15) is 6.79 Å². The monoisotopic (exact) mass is 105 g/mol. The molecule has 44 valence electrons. The van der Waals surface area contributed by atoms with Gasteiger partial charge in [-0.3, -0.25) is 0 Å². The summed E-state index contributed by atoms with van der Waals surface area (Å²) in [5.41, 5.74) is 2.52. The molecule has 7 heavy (non-hydrogen) atoms. The average molecular weight is 105 g/mol. The first-order valence-electron chi connectivity index (χ1n) is 1.99. The van der Waals surface area contributed by atoms with E-state index in [9.17, 15) is 0 Å². The Morgan fingerprint density at radius 3 is 2.14 bits per heavy atom. The minimum absolute atomic E-state index is 0.733. The van der Waals surface area contributed by atoms with Crippen molar-refractivity contribution in [2.75, 3.05) is 13.7 Å². The van der Waals surface area contributed by atoms with Crippen LogP contribution in [0.15, 0.2) is 0 Å². The number of hydrogen-bond donors (Lipinski definition) is 1. The van der Waals surface area contributed by atoms with Gasteiger partial charge in [0.15, 0.2) is 0 Å². The molecule has 0 atom stereocenters. The fourth-order valence-electron chi connectivity index (χ4n) is 0.144. The minimum Gasteiger partial charge on any atom is -0.307 e. The number of hydrogen-bond acceptors (Lipinski definition) is 3. The molecule has 0 aliphatic carbocycles. The molecule has 0 aromatic heterocycles. The fraction of sp³-hybridized carbons (Fsp3) is 0.750. The van der Waals surface area contributed by atoms with Crippen molar-refractivity contribution in [3.8, 4) is 0 Å². The van der Waals surface area contributed by atoms with Gasteiger partial charge in [-0.2, -0.15) is 0 Å². The molecular formula is C4H11NO2. The number of rotatable bonds is 2. The molecule has 0 radical (unpaired) electrons. The van der Waals surface area contributed by atoms with E-state index in [4.69, 9.17) is 4.79 Å². The van der Waals surface area contributed by atoms with E-state index >= 15 is 0 Å². The number of carbonyl (C=O) groups excluding carboxylic acids is 1. The molecule has 0 aromatic rings. The van der Waals surface area contributed by atoms with Crippen molar-refractivity contribution in [1.82, 2.24) is 5.48 Å². The van der Waals surface area contributed by atoms with Crippen LogP contribution in [0, 0.1) is 0 Å². The van der Waals surface area contributed by atoms with Crippen LogP contribution in [-0.4, -0.2) is 20.4 Å². The lowest BCUT2D eigenvalue weighted by atomic mass is 10.9. The van der Waals surface area contributed by atoms with Crippen LogP contribution in [0.2, 0.25) is 0 Å². The molecule has 0 aromatic carbocycles. The SMILES string of the molecule is C=O.CCONC. The Balaban J connectivity index is 0. The summed E-state index contributed by atoms with van der Waals surface area (Å²) in [4.78, 5) is 12.6. The molecule has 0 fully saturated rings. The van der Waals surface area contributed by atoms with Gasteiger partial charge in [0.2, 0.25) is 0 Å². The quantitative estimate of drug-likeness (QED) is 0.501. The van der Waals surface area contributed by atoms with Gasteiger partial charge in [0.05, 0.1) is 6.61 Å². The topological polar surface area (TPSA) is 38.3 Å². The van der Waals surface area contributed by atoms with Crippen LogP contribution in [0.3, 0.4) is 0 Å². The van der Waals surface area contributed by atoms with Crippen molar-refractivity contribution in [3.05, 3.63) is 0 Å². The second-order valence-corrected chi connectivity index (χ2v) is 0.637. The minimum atomic E-state index is 0.733. The van der Waals surface area contributed by atoms with Crippen molar-refractivity contribution in [3.63, 3.8) is 0 Å². The molecule has 0 rings (SSSR count). The molecule has 3 nitrogen and oxygen atoms in total. The lowest BCUT2D eigenvalue weighted by Gasteiger charge is -1.88. The van der Waals surface area contributed by atoms with Crippen LogP contribution in [0.25, 0.3) is 0 Å². The van der Waals surface area contributed by atoms with Crippen LogP contribution in [0.4, 0.5) is 0 Å². The maximum atomic E-state index is 8.00. The van der Waals surface area contributed by atoms with E-state index in [1.54, 1.807) is 7.05 Å². The Morgan fingerprint density at radius 1 is 1.71 bits per heavy atom. The second-order valence-electron chi connectivity index (χ2n) is 0.637. The maximum Gasteiger partial charge on any atom is 0.106 e. The van der Waals surface area contributed by atoms with Crippen LogP contribution in [-0.2, 0) is 9.63 Å². The highest BCUT2D eigenvalue weighted by Crippen LogP contribution is 1.53. The molecule has 0 spiro atoms. The molecule has 0 unspecified atom stereocenters. The van der Waals surface area contributed by atoms with Crippen LogP contribution in [0.5, 0.6) is 0 Å². The normalized spacial score (nSPS) is 6.57.